The Balaban J connectivity index is 0.00000363. The zero-order valence-corrected chi connectivity index (χ0v) is 18.0. The second-order valence-electron chi connectivity index (χ2n) is 7.79. The lowest BCUT2D eigenvalue weighted by Crippen LogP contribution is -2.43. The highest BCUT2D eigenvalue weighted by atomic mass is 35.5. The molecule has 1 aliphatic heterocycles. The molecule has 3 rings (SSSR count). The van der Waals surface area contributed by atoms with Gasteiger partial charge in [0.25, 0.3) is 0 Å². The van der Waals surface area contributed by atoms with E-state index in [1.807, 2.05) is 19.2 Å². The van der Waals surface area contributed by atoms with Crippen molar-refractivity contribution >= 4 is 12.4 Å². The predicted molar refractivity (Wildman–Crippen MR) is 109 cm³/mol. The van der Waals surface area contributed by atoms with E-state index in [4.69, 9.17) is 4.74 Å². The maximum atomic E-state index is 13.3. The molecule has 178 valence electrons. The SMILES string of the molecule is CN1CCC(OC(CO)c2cc(C(F)(F)F)cc(C(F)(F)F)c2)(c2ccccc2)CC1.Cl. The van der Waals surface area contributed by atoms with Gasteiger partial charge in [-0.15, -0.1) is 12.4 Å². The third-order valence-electron chi connectivity index (χ3n) is 5.61. The Morgan fingerprint density at radius 3 is 1.88 bits per heavy atom. The van der Waals surface area contributed by atoms with Gasteiger partial charge < -0.3 is 14.7 Å². The van der Waals surface area contributed by atoms with Crippen LogP contribution in [0, 0.1) is 0 Å². The molecule has 1 fully saturated rings. The largest absolute Gasteiger partial charge is 0.416 e. The minimum absolute atomic E-state index is 0. The van der Waals surface area contributed by atoms with Gasteiger partial charge in [0.05, 0.1) is 23.3 Å². The molecule has 0 bridgehead atoms. The van der Waals surface area contributed by atoms with Crippen LogP contribution >= 0.6 is 12.4 Å². The van der Waals surface area contributed by atoms with E-state index in [0.29, 0.717) is 38.1 Å². The number of nitrogens with zero attached hydrogens (tertiary/aromatic N) is 1. The number of halogens is 7. The van der Waals surface area contributed by atoms with Gasteiger partial charge in [-0.25, -0.2) is 0 Å². The summed E-state index contributed by atoms with van der Waals surface area (Å²) in [6, 6.07) is 10.3. The third kappa shape index (κ3) is 5.95. The van der Waals surface area contributed by atoms with Crippen molar-refractivity contribution in [2.24, 2.45) is 0 Å². The lowest BCUT2D eigenvalue weighted by atomic mass is 9.83. The highest BCUT2D eigenvalue weighted by Crippen LogP contribution is 2.43. The first-order valence-corrected chi connectivity index (χ1v) is 9.77. The minimum atomic E-state index is -4.97. The zero-order valence-electron chi connectivity index (χ0n) is 17.2. The van der Waals surface area contributed by atoms with Crippen LogP contribution in [0.25, 0.3) is 0 Å². The summed E-state index contributed by atoms with van der Waals surface area (Å²) in [7, 11) is 1.92. The highest BCUT2D eigenvalue weighted by molar-refractivity contribution is 5.85. The maximum Gasteiger partial charge on any atom is 0.416 e. The molecule has 0 radical (unpaired) electrons. The van der Waals surface area contributed by atoms with Gasteiger partial charge in [-0.05, 0) is 49.2 Å². The first kappa shape index (κ1) is 26.4. The van der Waals surface area contributed by atoms with E-state index in [2.05, 4.69) is 4.90 Å². The predicted octanol–water partition coefficient (Wildman–Crippen LogP) is 5.82. The van der Waals surface area contributed by atoms with Crippen LogP contribution in [0.1, 0.15) is 41.2 Å². The van der Waals surface area contributed by atoms with Crippen molar-refractivity contribution < 1.29 is 36.2 Å². The molecule has 0 aromatic heterocycles. The number of rotatable bonds is 5. The van der Waals surface area contributed by atoms with Gasteiger partial charge in [0.15, 0.2) is 0 Å². The van der Waals surface area contributed by atoms with E-state index in [-0.39, 0.29) is 24.0 Å². The van der Waals surface area contributed by atoms with Crippen LogP contribution in [0.3, 0.4) is 0 Å². The highest BCUT2D eigenvalue weighted by Gasteiger charge is 2.41. The molecule has 32 heavy (non-hydrogen) atoms. The average molecular weight is 484 g/mol. The second kappa shape index (κ2) is 9.99. The second-order valence-corrected chi connectivity index (χ2v) is 7.79. The van der Waals surface area contributed by atoms with Crippen molar-refractivity contribution in [3.05, 3.63) is 70.8 Å². The Bertz CT molecular complexity index is 848. The average Bonchev–Trinajstić information content (AvgIpc) is 2.72. The molecule has 2 aromatic rings. The van der Waals surface area contributed by atoms with Crippen molar-refractivity contribution in [2.45, 2.75) is 36.9 Å². The van der Waals surface area contributed by atoms with Crippen LogP contribution in [-0.2, 0) is 22.7 Å². The summed E-state index contributed by atoms with van der Waals surface area (Å²) in [5.74, 6) is 0. The van der Waals surface area contributed by atoms with Gasteiger partial charge in [0.1, 0.15) is 6.10 Å². The van der Waals surface area contributed by atoms with Crippen molar-refractivity contribution in [1.82, 2.24) is 4.90 Å². The van der Waals surface area contributed by atoms with Crippen LogP contribution in [0.2, 0.25) is 0 Å². The Hall–Kier alpha value is -1.81. The summed E-state index contributed by atoms with van der Waals surface area (Å²) >= 11 is 0. The Labute approximate surface area is 188 Å². The molecule has 3 nitrogen and oxygen atoms in total. The fraction of sp³-hybridized carbons (Fsp3) is 0.455. The Morgan fingerprint density at radius 1 is 0.938 bits per heavy atom. The number of aliphatic hydroxyl groups is 1. The number of piperidine rings is 1. The van der Waals surface area contributed by atoms with Gasteiger partial charge in [0, 0.05) is 13.1 Å². The quantitative estimate of drug-likeness (QED) is 0.544. The minimum Gasteiger partial charge on any atom is -0.393 e. The summed E-state index contributed by atoms with van der Waals surface area (Å²) in [5, 5.41) is 9.91. The molecule has 10 heteroatoms. The molecule has 1 unspecified atom stereocenters. The van der Waals surface area contributed by atoms with E-state index >= 15 is 0 Å². The number of ether oxygens (including phenoxy) is 1. The van der Waals surface area contributed by atoms with Gasteiger partial charge in [-0.1, -0.05) is 30.3 Å². The van der Waals surface area contributed by atoms with Crippen LogP contribution in [-0.4, -0.2) is 36.8 Å². The van der Waals surface area contributed by atoms with Gasteiger partial charge in [-0.3, -0.25) is 0 Å². The molecule has 0 aliphatic carbocycles. The zero-order chi connectivity index (χ0) is 22.9. The first-order valence-electron chi connectivity index (χ1n) is 9.77. The molecule has 0 spiro atoms. The summed E-state index contributed by atoms with van der Waals surface area (Å²) in [4.78, 5) is 2.06. The van der Waals surface area contributed by atoms with E-state index < -0.39 is 41.8 Å². The number of alkyl halides is 6. The summed E-state index contributed by atoms with van der Waals surface area (Å²) in [6.45, 7) is 0.496. The number of likely N-dealkylation sites (tertiary alicyclic amines) is 1. The van der Waals surface area contributed by atoms with Crippen molar-refractivity contribution in [2.75, 3.05) is 26.7 Å². The lowest BCUT2D eigenvalue weighted by Gasteiger charge is -2.43. The number of hydrogen-bond acceptors (Lipinski definition) is 3. The first-order chi connectivity index (χ1) is 14.4. The van der Waals surface area contributed by atoms with Crippen LogP contribution < -0.4 is 0 Å². The Kier molecular flexibility index (Phi) is 8.25. The molecule has 1 atom stereocenters. The molecule has 1 heterocycles. The standard InChI is InChI=1S/C22H23F6NO2.ClH/c1-29-9-7-20(8-10-29,16-5-3-2-4-6-16)31-19(14-30)15-11-17(21(23,24)25)13-18(12-15)22(26,27)28;/h2-6,11-13,19,30H,7-10,14H2,1H3;1H. The normalized spacial score (nSPS) is 18.1. The van der Waals surface area contributed by atoms with Gasteiger partial charge in [-0.2, -0.15) is 26.3 Å². The molecule has 1 saturated heterocycles. The molecule has 0 amide bonds. The maximum absolute atomic E-state index is 13.3. The molecule has 0 saturated carbocycles. The molecule has 1 aliphatic rings. The molecule has 1 N–H and O–H groups in total. The fourth-order valence-electron chi connectivity index (χ4n) is 3.84. The number of hydrogen-bond donors (Lipinski definition) is 1. The summed E-state index contributed by atoms with van der Waals surface area (Å²) in [6.07, 6.45) is -10.3. The van der Waals surface area contributed by atoms with Crippen molar-refractivity contribution in [3.8, 4) is 0 Å². The third-order valence-corrected chi connectivity index (χ3v) is 5.61. The Morgan fingerprint density at radius 2 is 1.44 bits per heavy atom. The smallest absolute Gasteiger partial charge is 0.393 e. The van der Waals surface area contributed by atoms with E-state index in [9.17, 15) is 31.4 Å². The van der Waals surface area contributed by atoms with E-state index in [1.54, 1.807) is 18.2 Å². The van der Waals surface area contributed by atoms with E-state index in [1.165, 1.54) is 0 Å². The topological polar surface area (TPSA) is 32.7 Å². The monoisotopic (exact) mass is 483 g/mol. The molecular weight excluding hydrogens is 460 g/mol. The van der Waals surface area contributed by atoms with Gasteiger partial charge >= 0.3 is 12.4 Å². The van der Waals surface area contributed by atoms with Crippen molar-refractivity contribution in [1.29, 1.82) is 0 Å². The fourth-order valence-corrected chi connectivity index (χ4v) is 3.84. The van der Waals surface area contributed by atoms with Crippen molar-refractivity contribution in [3.63, 3.8) is 0 Å². The molecule has 2 aromatic carbocycles. The van der Waals surface area contributed by atoms with Crippen LogP contribution in [0.15, 0.2) is 48.5 Å². The van der Waals surface area contributed by atoms with E-state index in [0.717, 1.165) is 5.56 Å². The molecular formula is C22H24ClF6NO2. The summed E-state index contributed by atoms with van der Waals surface area (Å²) < 4.78 is 85.8. The number of aliphatic hydroxyl groups excluding tert-OH is 1. The van der Waals surface area contributed by atoms with Gasteiger partial charge in [0.2, 0.25) is 0 Å². The number of benzene rings is 2. The summed E-state index contributed by atoms with van der Waals surface area (Å²) in [5.41, 5.74) is -3.40. The van der Waals surface area contributed by atoms with Crippen LogP contribution in [0.5, 0.6) is 0 Å². The van der Waals surface area contributed by atoms with Crippen LogP contribution in [0.4, 0.5) is 26.3 Å². The lowest BCUT2D eigenvalue weighted by molar-refractivity contribution is -0.147.